The minimum absolute atomic E-state index is 0.100. The summed E-state index contributed by atoms with van der Waals surface area (Å²) in [6.07, 6.45) is 0. The number of rotatable bonds is 3. The lowest BCUT2D eigenvalue weighted by molar-refractivity contribution is -0.120. The molecule has 0 unspecified atom stereocenters. The van der Waals surface area contributed by atoms with Crippen LogP contribution in [0.25, 0.3) is 0 Å². The molecule has 4 nitrogen and oxygen atoms in total. The fourth-order valence-corrected chi connectivity index (χ4v) is 2.53. The van der Waals surface area contributed by atoms with Crippen molar-refractivity contribution in [2.45, 2.75) is 19.3 Å². The average molecular weight is 332 g/mol. The number of hydrogen-bond acceptors (Lipinski definition) is 3. The van der Waals surface area contributed by atoms with Crippen molar-refractivity contribution < 1.29 is 14.3 Å². The molecule has 0 saturated carbocycles. The van der Waals surface area contributed by atoms with E-state index >= 15 is 0 Å². The minimum Gasteiger partial charge on any atom is -0.486 e. The van der Waals surface area contributed by atoms with Gasteiger partial charge in [-0.1, -0.05) is 23.7 Å². The first-order valence-corrected chi connectivity index (χ1v) is 7.82. The van der Waals surface area contributed by atoms with Crippen molar-refractivity contribution in [1.29, 1.82) is 0 Å². The van der Waals surface area contributed by atoms with Crippen LogP contribution in [-0.2, 0) is 10.2 Å². The van der Waals surface area contributed by atoms with E-state index in [1.807, 2.05) is 32.0 Å². The van der Waals surface area contributed by atoms with E-state index in [0.717, 1.165) is 5.56 Å². The summed E-state index contributed by atoms with van der Waals surface area (Å²) in [6, 6.07) is 12.7. The first kappa shape index (κ1) is 15.7. The molecule has 0 aromatic heterocycles. The van der Waals surface area contributed by atoms with Crippen LogP contribution in [0.4, 0.5) is 5.69 Å². The van der Waals surface area contributed by atoms with Gasteiger partial charge in [0.1, 0.15) is 13.2 Å². The fraction of sp³-hybridized carbons (Fsp3) is 0.278. The van der Waals surface area contributed by atoms with Gasteiger partial charge in [0.05, 0.1) is 5.41 Å². The Morgan fingerprint density at radius 3 is 2.39 bits per heavy atom. The van der Waals surface area contributed by atoms with Crippen LogP contribution in [0.15, 0.2) is 42.5 Å². The van der Waals surface area contributed by atoms with Crippen molar-refractivity contribution in [3.63, 3.8) is 0 Å². The second kappa shape index (κ2) is 6.13. The lowest BCUT2D eigenvalue weighted by Gasteiger charge is -2.25. The van der Waals surface area contributed by atoms with Gasteiger partial charge in [-0.05, 0) is 43.7 Å². The van der Waals surface area contributed by atoms with Gasteiger partial charge in [-0.3, -0.25) is 4.79 Å². The van der Waals surface area contributed by atoms with E-state index in [2.05, 4.69) is 5.32 Å². The Morgan fingerprint density at radius 1 is 1.04 bits per heavy atom. The molecular formula is C18H18ClNO3. The Morgan fingerprint density at radius 2 is 1.70 bits per heavy atom. The largest absolute Gasteiger partial charge is 0.486 e. The number of anilines is 1. The van der Waals surface area contributed by atoms with E-state index in [-0.39, 0.29) is 5.91 Å². The number of amides is 1. The van der Waals surface area contributed by atoms with Gasteiger partial charge < -0.3 is 14.8 Å². The summed E-state index contributed by atoms with van der Waals surface area (Å²) >= 11 is 5.91. The van der Waals surface area contributed by atoms with Crippen molar-refractivity contribution in [3.05, 3.63) is 53.1 Å². The van der Waals surface area contributed by atoms with Crippen LogP contribution in [-0.4, -0.2) is 19.1 Å². The highest BCUT2D eigenvalue weighted by molar-refractivity contribution is 6.30. The molecule has 1 aliphatic rings. The maximum Gasteiger partial charge on any atom is 0.234 e. The number of ether oxygens (including phenoxy) is 2. The summed E-state index contributed by atoms with van der Waals surface area (Å²) < 4.78 is 11.0. The molecule has 23 heavy (non-hydrogen) atoms. The van der Waals surface area contributed by atoms with Gasteiger partial charge in [0, 0.05) is 16.8 Å². The van der Waals surface area contributed by atoms with Crippen LogP contribution in [0.3, 0.4) is 0 Å². The number of nitrogens with one attached hydrogen (secondary N) is 1. The summed E-state index contributed by atoms with van der Waals surface area (Å²) in [5, 5.41) is 3.59. The molecule has 0 atom stereocenters. The Bertz CT molecular complexity index is 726. The molecule has 2 aromatic rings. The second-order valence-electron chi connectivity index (χ2n) is 5.94. The highest BCUT2D eigenvalue weighted by atomic mass is 35.5. The number of carbonyl (C=O) groups excluding carboxylic acids is 1. The number of hydrogen-bond donors (Lipinski definition) is 1. The average Bonchev–Trinajstić information content (AvgIpc) is 2.55. The third kappa shape index (κ3) is 3.27. The van der Waals surface area contributed by atoms with Gasteiger partial charge in [0.25, 0.3) is 0 Å². The number of carbonyl (C=O) groups is 1. The summed E-state index contributed by atoms with van der Waals surface area (Å²) in [7, 11) is 0. The van der Waals surface area contributed by atoms with Crippen LogP contribution >= 0.6 is 11.6 Å². The Hall–Kier alpha value is -2.20. The lowest BCUT2D eigenvalue weighted by atomic mass is 9.83. The van der Waals surface area contributed by atoms with Crippen molar-refractivity contribution in [3.8, 4) is 11.5 Å². The van der Waals surface area contributed by atoms with Crippen LogP contribution < -0.4 is 14.8 Å². The van der Waals surface area contributed by atoms with Crippen LogP contribution in [0.1, 0.15) is 19.4 Å². The van der Waals surface area contributed by atoms with Gasteiger partial charge in [0.15, 0.2) is 11.5 Å². The molecular weight excluding hydrogens is 314 g/mol. The predicted molar refractivity (Wildman–Crippen MR) is 90.5 cm³/mol. The van der Waals surface area contributed by atoms with E-state index < -0.39 is 5.41 Å². The molecule has 2 aromatic carbocycles. The molecule has 120 valence electrons. The topological polar surface area (TPSA) is 47.6 Å². The van der Waals surface area contributed by atoms with Gasteiger partial charge in [-0.2, -0.15) is 0 Å². The summed E-state index contributed by atoms with van der Waals surface area (Å²) in [5.74, 6) is 1.25. The molecule has 0 fully saturated rings. The van der Waals surface area contributed by atoms with Crippen molar-refractivity contribution in [2.24, 2.45) is 0 Å². The van der Waals surface area contributed by atoms with Crippen molar-refractivity contribution >= 4 is 23.2 Å². The number of benzene rings is 2. The van der Waals surface area contributed by atoms with Gasteiger partial charge >= 0.3 is 0 Å². The van der Waals surface area contributed by atoms with Crippen LogP contribution in [0.2, 0.25) is 5.02 Å². The molecule has 1 amide bonds. The number of fused-ring (bicyclic) bond motifs is 1. The number of halogens is 1. The quantitative estimate of drug-likeness (QED) is 0.923. The maximum absolute atomic E-state index is 12.7. The summed E-state index contributed by atoms with van der Waals surface area (Å²) in [4.78, 5) is 12.7. The van der Waals surface area contributed by atoms with Gasteiger partial charge in [-0.15, -0.1) is 0 Å². The maximum atomic E-state index is 12.7. The SMILES string of the molecule is CC(C)(C(=O)Nc1ccc2c(c1)OCCO2)c1ccc(Cl)cc1. The third-order valence-electron chi connectivity index (χ3n) is 3.93. The zero-order valence-electron chi connectivity index (χ0n) is 13.1. The molecule has 5 heteroatoms. The van der Waals surface area contributed by atoms with Gasteiger partial charge in [0.2, 0.25) is 5.91 Å². The Labute approximate surface area is 140 Å². The van der Waals surface area contributed by atoms with E-state index in [0.29, 0.717) is 35.4 Å². The van der Waals surface area contributed by atoms with Gasteiger partial charge in [-0.25, -0.2) is 0 Å². The first-order valence-electron chi connectivity index (χ1n) is 7.44. The monoisotopic (exact) mass is 331 g/mol. The fourth-order valence-electron chi connectivity index (χ4n) is 2.41. The van der Waals surface area contributed by atoms with E-state index in [4.69, 9.17) is 21.1 Å². The molecule has 0 aliphatic carbocycles. The molecule has 1 aliphatic heterocycles. The third-order valence-corrected chi connectivity index (χ3v) is 4.19. The molecule has 0 bridgehead atoms. The van der Waals surface area contributed by atoms with Crippen LogP contribution in [0, 0.1) is 0 Å². The molecule has 1 N–H and O–H groups in total. The smallest absolute Gasteiger partial charge is 0.234 e. The second-order valence-corrected chi connectivity index (χ2v) is 6.38. The molecule has 1 heterocycles. The molecule has 0 saturated heterocycles. The predicted octanol–water partition coefficient (Wildman–Crippen LogP) is 4.03. The normalized spacial score (nSPS) is 13.5. The minimum atomic E-state index is -0.683. The highest BCUT2D eigenvalue weighted by Crippen LogP contribution is 2.33. The highest BCUT2D eigenvalue weighted by Gasteiger charge is 2.30. The zero-order chi connectivity index (χ0) is 16.4. The van der Waals surface area contributed by atoms with Crippen molar-refractivity contribution in [2.75, 3.05) is 18.5 Å². The molecule has 0 radical (unpaired) electrons. The standard InChI is InChI=1S/C18H18ClNO3/c1-18(2,12-3-5-13(19)6-4-12)17(21)20-14-7-8-15-16(11-14)23-10-9-22-15/h3-8,11H,9-10H2,1-2H3,(H,20,21). The lowest BCUT2D eigenvalue weighted by Crippen LogP contribution is -2.34. The Balaban J connectivity index is 1.79. The first-order chi connectivity index (χ1) is 11.0. The van der Waals surface area contributed by atoms with E-state index in [9.17, 15) is 4.79 Å². The molecule has 3 rings (SSSR count). The van der Waals surface area contributed by atoms with Crippen LogP contribution in [0.5, 0.6) is 11.5 Å². The zero-order valence-corrected chi connectivity index (χ0v) is 13.8. The Kier molecular flexibility index (Phi) is 4.18. The van der Waals surface area contributed by atoms with Crippen molar-refractivity contribution in [1.82, 2.24) is 0 Å². The molecule has 0 spiro atoms. The van der Waals surface area contributed by atoms with E-state index in [1.54, 1.807) is 24.3 Å². The van der Waals surface area contributed by atoms with E-state index in [1.165, 1.54) is 0 Å². The summed E-state index contributed by atoms with van der Waals surface area (Å²) in [6.45, 7) is 4.82. The summed E-state index contributed by atoms with van der Waals surface area (Å²) in [5.41, 5.74) is 0.899.